The van der Waals surface area contributed by atoms with Gasteiger partial charge in [-0.05, 0) is 25.5 Å². The highest BCUT2D eigenvalue weighted by Gasteiger charge is 2.24. The maximum absolute atomic E-state index is 11.4. The van der Waals surface area contributed by atoms with Gasteiger partial charge in [0.15, 0.2) is 0 Å². The van der Waals surface area contributed by atoms with Gasteiger partial charge in [0.2, 0.25) is 0 Å². The van der Waals surface area contributed by atoms with Crippen LogP contribution in [0.1, 0.15) is 29.8 Å². The molecule has 1 aromatic rings. The Balaban J connectivity index is 2.67. The van der Waals surface area contributed by atoms with Crippen molar-refractivity contribution < 1.29 is 18.3 Å². The molecule has 19 heavy (non-hydrogen) atoms. The van der Waals surface area contributed by atoms with Crippen LogP contribution in [0.15, 0.2) is 34.4 Å². The maximum atomic E-state index is 11.4. The molecule has 0 radical (unpaired) electrons. The van der Waals surface area contributed by atoms with E-state index in [0.29, 0.717) is 16.8 Å². The molecule has 0 aliphatic carbocycles. The number of hydrogen-bond donors (Lipinski definition) is 2. The van der Waals surface area contributed by atoms with Crippen molar-refractivity contribution in [1.29, 1.82) is 0 Å². The van der Waals surface area contributed by atoms with Gasteiger partial charge in [0.25, 0.3) is 0 Å². The number of rotatable bonds is 2. The third-order valence-electron chi connectivity index (χ3n) is 2.70. The number of allylic oxidation sites excluding steroid dienone is 2. The van der Waals surface area contributed by atoms with E-state index in [4.69, 9.17) is 0 Å². The van der Waals surface area contributed by atoms with E-state index in [9.17, 15) is 18.3 Å². The summed E-state index contributed by atoms with van der Waals surface area (Å²) in [6, 6.07) is 6.40. The van der Waals surface area contributed by atoms with E-state index in [1.807, 2.05) is 0 Å². The summed E-state index contributed by atoms with van der Waals surface area (Å²) in [6.45, 7) is 3.11. The molecule has 100 valence electrons. The summed E-state index contributed by atoms with van der Waals surface area (Å²) in [5.74, 6) is -1.07. The molecule has 0 amide bonds. The molecular weight excluding hydrogens is 268 g/mol. The van der Waals surface area contributed by atoms with Crippen LogP contribution in [0.25, 0.3) is 5.57 Å². The molecule has 0 unspecified atom stereocenters. The minimum Gasteiger partial charge on any atom is -0.478 e. The van der Waals surface area contributed by atoms with Gasteiger partial charge in [-0.25, -0.2) is 4.79 Å². The van der Waals surface area contributed by atoms with Crippen molar-refractivity contribution in [2.24, 2.45) is 4.40 Å². The summed E-state index contributed by atoms with van der Waals surface area (Å²) in [5, 5.41) is 9.17. The average Bonchev–Trinajstić information content (AvgIpc) is 2.26. The van der Waals surface area contributed by atoms with E-state index < -0.39 is 16.2 Å². The first-order valence-corrected chi connectivity index (χ1v) is 6.89. The Morgan fingerprint density at radius 1 is 1.26 bits per heavy atom. The Morgan fingerprint density at radius 2 is 1.89 bits per heavy atom. The smallest absolute Gasteiger partial charge is 0.342 e. The van der Waals surface area contributed by atoms with Crippen LogP contribution in [0.3, 0.4) is 0 Å². The van der Waals surface area contributed by atoms with E-state index in [1.165, 1.54) is 13.0 Å². The van der Waals surface area contributed by atoms with Crippen LogP contribution in [-0.4, -0.2) is 25.2 Å². The van der Waals surface area contributed by atoms with Gasteiger partial charge in [-0.1, -0.05) is 18.2 Å². The molecule has 1 heterocycles. The summed E-state index contributed by atoms with van der Waals surface area (Å²) in [5.41, 5.74) is 1.67. The number of carboxylic acid groups (broad SMARTS) is 1. The van der Waals surface area contributed by atoms with E-state index >= 15 is 0 Å². The van der Waals surface area contributed by atoms with Crippen molar-refractivity contribution in [2.45, 2.75) is 13.8 Å². The van der Waals surface area contributed by atoms with Crippen molar-refractivity contribution >= 4 is 27.5 Å². The van der Waals surface area contributed by atoms with Gasteiger partial charge in [0, 0.05) is 11.3 Å². The summed E-state index contributed by atoms with van der Waals surface area (Å²) in [4.78, 5) is 11.2. The van der Waals surface area contributed by atoms with Crippen molar-refractivity contribution in [3.63, 3.8) is 0 Å². The van der Waals surface area contributed by atoms with E-state index in [-0.39, 0.29) is 11.3 Å². The third kappa shape index (κ3) is 2.50. The minimum atomic E-state index is -3.72. The highest BCUT2D eigenvalue weighted by atomic mass is 32.2. The van der Waals surface area contributed by atoms with Crippen LogP contribution < -0.4 is 4.72 Å². The lowest BCUT2D eigenvalue weighted by molar-refractivity contribution is 0.0696. The standard InChI is InChI=1S/C12H12N2O4S/c1-7-11(8(2)14-19(17,18)13-7)9-5-3-4-6-10(9)12(15)16/h3-6,13H,1-2H3,(H,15,16). The zero-order valence-electron chi connectivity index (χ0n) is 10.3. The molecule has 0 saturated carbocycles. The zero-order chi connectivity index (χ0) is 14.2. The molecule has 1 aliphatic heterocycles. The molecule has 1 aliphatic rings. The topological polar surface area (TPSA) is 95.8 Å². The summed E-state index contributed by atoms with van der Waals surface area (Å²) >= 11 is 0. The molecule has 0 aromatic heterocycles. The summed E-state index contributed by atoms with van der Waals surface area (Å²) in [6.07, 6.45) is 0. The third-order valence-corrected chi connectivity index (χ3v) is 3.78. The molecule has 0 saturated heterocycles. The Bertz CT molecular complexity index is 717. The second kappa shape index (κ2) is 4.51. The molecule has 0 spiro atoms. The van der Waals surface area contributed by atoms with E-state index in [1.54, 1.807) is 25.1 Å². The lowest BCUT2D eigenvalue weighted by atomic mass is 9.95. The molecule has 0 bridgehead atoms. The van der Waals surface area contributed by atoms with Gasteiger partial charge in [0.05, 0.1) is 11.3 Å². The van der Waals surface area contributed by atoms with Gasteiger partial charge >= 0.3 is 16.2 Å². The first-order valence-electron chi connectivity index (χ1n) is 5.45. The fourth-order valence-electron chi connectivity index (χ4n) is 2.05. The van der Waals surface area contributed by atoms with Crippen LogP contribution in [0.5, 0.6) is 0 Å². The second-order valence-corrected chi connectivity index (χ2v) is 5.44. The minimum absolute atomic E-state index is 0.104. The largest absolute Gasteiger partial charge is 0.478 e. The molecule has 1 aromatic carbocycles. The number of carboxylic acids is 1. The van der Waals surface area contributed by atoms with Crippen LogP contribution in [0.2, 0.25) is 0 Å². The average molecular weight is 280 g/mol. The normalized spacial score (nSPS) is 17.7. The number of carbonyl (C=O) groups is 1. The number of nitrogens with one attached hydrogen (secondary N) is 1. The van der Waals surface area contributed by atoms with Crippen molar-refractivity contribution in [3.8, 4) is 0 Å². The van der Waals surface area contributed by atoms with Crippen LogP contribution in [0.4, 0.5) is 0 Å². The fourth-order valence-corrected chi connectivity index (χ4v) is 3.04. The van der Waals surface area contributed by atoms with E-state index in [2.05, 4.69) is 9.12 Å². The molecule has 0 fully saturated rings. The molecule has 6 nitrogen and oxygen atoms in total. The Kier molecular flexibility index (Phi) is 3.15. The van der Waals surface area contributed by atoms with Crippen LogP contribution in [-0.2, 0) is 10.2 Å². The van der Waals surface area contributed by atoms with E-state index in [0.717, 1.165) is 0 Å². The second-order valence-electron chi connectivity index (χ2n) is 4.10. The van der Waals surface area contributed by atoms with Crippen LogP contribution in [0, 0.1) is 0 Å². The SMILES string of the molecule is CC1=NS(=O)(=O)NC(C)=C1c1ccccc1C(=O)O. The Morgan fingerprint density at radius 3 is 2.47 bits per heavy atom. The van der Waals surface area contributed by atoms with Gasteiger partial charge in [-0.15, -0.1) is 4.40 Å². The number of nitrogens with zero attached hydrogens (tertiary/aromatic N) is 1. The highest BCUT2D eigenvalue weighted by Crippen LogP contribution is 2.26. The first kappa shape index (κ1) is 13.3. The molecular formula is C12H12N2O4S. The fraction of sp³-hybridized carbons (Fsp3) is 0.167. The maximum Gasteiger partial charge on any atom is 0.342 e. The lowest BCUT2D eigenvalue weighted by Crippen LogP contribution is -2.27. The van der Waals surface area contributed by atoms with Gasteiger partial charge < -0.3 is 5.11 Å². The predicted octanol–water partition coefficient (Wildman–Crippen LogP) is 1.42. The molecule has 2 rings (SSSR count). The summed E-state index contributed by atoms with van der Waals surface area (Å²) < 4.78 is 28.7. The zero-order valence-corrected chi connectivity index (χ0v) is 11.2. The number of benzene rings is 1. The molecule has 2 N–H and O–H groups in total. The van der Waals surface area contributed by atoms with Crippen LogP contribution >= 0.6 is 0 Å². The molecule has 7 heteroatoms. The Hall–Kier alpha value is -2.15. The van der Waals surface area contributed by atoms with Crippen molar-refractivity contribution in [1.82, 2.24) is 4.72 Å². The monoisotopic (exact) mass is 280 g/mol. The van der Waals surface area contributed by atoms with Gasteiger partial charge in [-0.2, -0.15) is 8.42 Å². The predicted molar refractivity (Wildman–Crippen MR) is 71.2 cm³/mol. The first-order chi connectivity index (χ1) is 8.82. The number of hydrogen-bond acceptors (Lipinski definition) is 3. The quantitative estimate of drug-likeness (QED) is 0.856. The van der Waals surface area contributed by atoms with Gasteiger partial charge in [-0.3, -0.25) is 4.72 Å². The van der Waals surface area contributed by atoms with Gasteiger partial charge in [0.1, 0.15) is 0 Å². The van der Waals surface area contributed by atoms with Crippen molar-refractivity contribution in [2.75, 3.05) is 0 Å². The van der Waals surface area contributed by atoms with Crippen molar-refractivity contribution in [3.05, 3.63) is 41.1 Å². The molecule has 0 atom stereocenters. The number of aromatic carboxylic acids is 1. The lowest BCUT2D eigenvalue weighted by Gasteiger charge is -2.19. The summed E-state index contributed by atoms with van der Waals surface area (Å²) in [7, 11) is -3.72. The Labute approximate surface area is 110 Å². The highest BCUT2D eigenvalue weighted by molar-refractivity contribution is 7.88.